The smallest absolute Gasteiger partial charge is 0.199 e. The molecule has 0 spiro atoms. The van der Waals surface area contributed by atoms with Crippen LogP contribution in [-0.2, 0) is 7.05 Å². The molecule has 5 nitrogen and oxygen atoms in total. The average molecular weight is 189 g/mol. The lowest BCUT2D eigenvalue weighted by molar-refractivity contribution is 0.770. The number of aromatic nitrogens is 5. The number of rotatable bonds is 2. The van der Waals surface area contributed by atoms with Gasteiger partial charge in [0.1, 0.15) is 11.5 Å². The van der Waals surface area contributed by atoms with Crippen LogP contribution in [0.15, 0.2) is 12.3 Å². The maximum absolute atomic E-state index is 4.45. The number of hydrogen-bond acceptors (Lipinski definition) is 3. The molecule has 3 rings (SSSR count). The molecule has 0 radical (unpaired) electrons. The lowest BCUT2D eigenvalue weighted by Gasteiger charge is -1.93. The quantitative estimate of drug-likeness (QED) is 0.769. The Morgan fingerprint density at radius 3 is 3.00 bits per heavy atom. The van der Waals surface area contributed by atoms with Gasteiger partial charge in [0.15, 0.2) is 5.82 Å². The first-order chi connectivity index (χ1) is 6.84. The zero-order chi connectivity index (χ0) is 9.54. The SMILES string of the molecule is Cn1nccc1-c1n[nH]c(C2CC2)n1. The van der Waals surface area contributed by atoms with E-state index in [1.54, 1.807) is 10.9 Å². The van der Waals surface area contributed by atoms with Crippen LogP contribution < -0.4 is 0 Å². The number of nitrogens with zero attached hydrogens (tertiary/aromatic N) is 4. The van der Waals surface area contributed by atoms with Crippen molar-refractivity contribution in [1.82, 2.24) is 25.0 Å². The molecule has 72 valence electrons. The molecule has 1 aliphatic rings. The van der Waals surface area contributed by atoms with E-state index in [-0.39, 0.29) is 0 Å². The van der Waals surface area contributed by atoms with Crippen LogP contribution in [-0.4, -0.2) is 25.0 Å². The Bertz CT molecular complexity index is 451. The fraction of sp³-hybridized carbons (Fsp3) is 0.444. The van der Waals surface area contributed by atoms with E-state index in [0.717, 1.165) is 17.3 Å². The molecule has 2 heterocycles. The molecule has 0 unspecified atom stereocenters. The van der Waals surface area contributed by atoms with Gasteiger partial charge in [-0.3, -0.25) is 9.78 Å². The van der Waals surface area contributed by atoms with Gasteiger partial charge < -0.3 is 0 Å². The van der Waals surface area contributed by atoms with Crippen LogP contribution in [0.3, 0.4) is 0 Å². The van der Waals surface area contributed by atoms with Crippen molar-refractivity contribution in [2.45, 2.75) is 18.8 Å². The third-order valence-corrected chi connectivity index (χ3v) is 2.52. The van der Waals surface area contributed by atoms with E-state index >= 15 is 0 Å². The predicted octanol–water partition coefficient (Wildman–Crippen LogP) is 1.08. The minimum absolute atomic E-state index is 0.615. The maximum atomic E-state index is 4.45. The summed E-state index contributed by atoms with van der Waals surface area (Å²) in [5, 5.41) is 11.3. The van der Waals surface area contributed by atoms with Crippen molar-refractivity contribution in [2.24, 2.45) is 7.05 Å². The van der Waals surface area contributed by atoms with Crippen molar-refractivity contribution in [3.05, 3.63) is 18.1 Å². The van der Waals surface area contributed by atoms with Gasteiger partial charge in [0.2, 0.25) is 0 Å². The molecular weight excluding hydrogens is 178 g/mol. The predicted molar refractivity (Wildman–Crippen MR) is 50.6 cm³/mol. The van der Waals surface area contributed by atoms with Gasteiger partial charge in [-0.05, 0) is 18.9 Å². The fourth-order valence-corrected chi connectivity index (χ4v) is 1.52. The number of hydrogen-bond donors (Lipinski definition) is 1. The minimum atomic E-state index is 0.615. The van der Waals surface area contributed by atoms with E-state index < -0.39 is 0 Å². The molecule has 0 bridgehead atoms. The summed E-state index contributed by atoms with van der Waals surface area (Å²) in [7, 11) is 1.89. The zero-order valence-electron chi connectivity index (χ0n) is 7.94. The largest absolute Gasteiger partial charge is 0.265 e. The first-order valence-electron chi connectivity index (χ1n) is 4.75. The van der Waals surface area contributed by atoms with Crippen molar-refractivity contribution in [2.75, 3.05) is 0 Å². The molecule has 1 fully saturated rings. The van der Waals surface area contributed by atoms with Crippen molar-refractivity contribution in [3.63, 3.8) is 0 Å². The van der Waals surface area contributed by atoms with E-state index in [2.05, 4.69) is 20.3 Å². The molecule has 5 heteroatoms. The van der Waals surface area contributed by atoms with Crippen LogP contribution in [0.2, 0.25) is 0 Å². The Labute approximate surface area is 81.2 Å². The normalized spacial score (nSPS) is 16.1. The number of aromatic amines is 1. The Morgan fingerprint density at radius 1 is 1.50 bits per heavy atom. The first kappa shape index (κ1) is 7.73. The van der Waals surface area contributed by atoms with Crippen LogP contribution in [0.25, 0.3) is 11.5 Å². The van der Waals surface area contributed by atoms with Crippen molar-refractivity contribution < 1.29 is 0 Å². The average Bonchev–Trinajstić information content (AvgIpc) is 2.75. The second-order valence-corrected chi connectivity index (χ2v) is 3.66. The molecule has 1 saturated carbocycles. The van der Waals surface area contributed by atoms with E-state index in [1.165, 1.54) is 12.8 Å². The summed E-state index contributed by atoms with van der Waals surface area (Å²) in [6, 6.07) is 1.92. The van der Waals surface area contributed by atoms with Gasteiger partial charge in [0, 0.05) is 19.2 Å². The van der Waals surface area contributed by atoms with Crippen LogP contribution in [0.4, 0.5) is 0 Å². The molecular formula is C9H11N5. The second kappa shape index (κ2) is 2.67. The molecule has 0 atom stereocenters. The summed E-state index contributed by atoms with van der Waals surface area (Å²) in [6.45, 7) is 0. The topological polar surface area (TPSA) is 59.4 Å². The zero-order valence-corrected chi connectivity index (χ0v) is 7.94. The highest BCUT2D eigenvalue weighted by Gasteiger charge is 2.27. The molecule has 0 amide bonds. The summed E-state index contributed by atoms with van der Waals surface area (Å²) in [4.78, 5) is 4.45. The van der Waals surface area contributed by atoms with Crippen LogP contribution in [0.5, 0.6) is 0 Å². The van der Waals surface area contributed by atoms with Gasteiger partial charge >= 0.3 is 0 Å². The maximum Gasteiger partial charge on any atom is 0.199 e. The number of H-pyrrole nitrogens is 1. The van der Waals surface area contributed by atoms with Crippen LogP contribution in [0.1, 0.15) is 24.6 Å². The molecule has 1 aliphatic carbocycles. The monoisotopic (exact) mass is 189 g/mol. The number of aryl methyl sites for hydroxylation is 1. The summed E-state index contributed by atoms with van der Waals surface area (Å²) < 4.78 is 1.78. The molecule has 14 heavy (non-hydrogen) atoms. The first-order valence-corrected chi connectivity index (χ1v) is 4.75. The molecule has 0 aliphatic heterocycles. The summed E-state index contributed by atoms with van der Waals surface area (Å²) >= 11 is 0. The molecule has 1 N–H and O–H groups in total. The van der Waals surface area contributed by atoms with Gasteiger partial charge in [0.25, 0.3) is 0 Å². The molecule has 0 aromatic carbocycles. The van der Waals surface area contributed by atoms with Gasteiger partial charge in [-0.15, -0.1) is 0 Å². The summed E-state index contributed by atoms with van der Waals surface area (Å²) in [5.41, 5.74) is 0.952. The standard InChI is InChI=1S/C9H11N5/c1-14-7(4-5-10-14)9-11-8(12-13-9)6-2-3-6/h4-6H,2-3H2,1H3,(H,11,12,13). The van der Waals surface area contributed by atoms with E-state index in [9.17, 15) is 0 Å². The van der Waals surface area contributed by atoms with Crippen LogP contribution in [0, 0.1) is 0 Å². The summed E-state index contributed by atoms with van der Waals surface area (Å²) in [5.74, 6) is 2.37. The lowest BCUT2D eigenvalue weighted by Crippen LogP contribution is -1.94. The van der Waals surface area contributed by atoms with E-state index in [0.29, 0.717) is 5.92 Å². The number of nitrogens with one attached hydrogen (secondary N) is 1. The Kier molecular flexibility index (Phi) is 1.47. The van der Waals surface area contributed by atoms with Gasteiger partial charge in [0.05, 0.1) is 0 Å². The third-order valence-electron chi connectivity index (χ3n) is 2.52. The second-order valence-electron chi connectivity index (χ2n) is 3.66. The Balaban J connectivity index is 1.99. The van der Waals surface area contributed by atoms with E-state index in [1.807, 2.05) is 13.1 Å². The highest BCUT2D eigenvalue weighted by molar-refractivity contribution is 5.48. The third kappa shape index (κ3) is 1.13. The molecule has 0 saturated heterocycles. The van der Waals surface area contributed by atoms with Crippen molar-refractivity contribution in [3.8, 4) is 11.5 Å². The summed E-state index contributed by atoms with van der Waals surface area (Å²) in [6.07, 6.45) is 4.22. The Morgan fingerprint density at radius 2 is 2.36 bits per heavy atom. The minimum Gasteiger partial charge on any atom is -0.265 e. The Hall–Kier alpha value is -1.65. The van der Waals surface area contributed by atoms with Crippen molar-refractivity contribution >= 4 is 0 Å². The lowest BCUT2D eigenvalue weighted by atomic mass is 10.4. The molecule has 2 aromatic heterocycles. The fourth-order valence-electron chi connectivity index (χ4n) is 1.52. The van der Waals surface area contributed by atoms with Gasteiger partial charge in [-0.1, -0.05) is 0 Å². The van der Waals surface area contributed by atoms with Gasteiger partial charge in [-0.2, -0.15) is 10.2 Å². The highest BCUT2D eigenvalue weighted by atomic mass is 15.3. The van der Waals surface area contributed by atoms with Crippen LogP contribution >= 0.6 is 0 Å². The molecule has 2 aromatic rings. The van der Waals surface area contributed by atoms with Gasteiger partial charge in [-0.25, -0.2) is 4.98 Å². The van der Waals surface area contributed by atoms with Crippen molar-refractivity contribution in [1.29, 1.82) is 0 Å². The highest BCUT2D eigenvalue weighted by Crippen LogP contribution is 2.38. The van der Waals surface area contributed by atoms with E-state index in [4.69, 9.17) is 0 Å².